The highest BCUT2D eigenvalue weighted by atomic mass is 35.5. The maximum absolute atomic E-state index is 13.2. The van der Waals surface area contributed by atoms with E-state index >= 15 is 0 Å². The number of thiophene rings is 1. The summed E-state index contributed by atoms with van der Waals surface area (Å²) in [4.78, 5) is 26.3. The zero-order valence-electron chi connectivity index (χ0n) is 18.4. The minimum absolute atomic E-state index is 0.171. The maximum Gasteiger partial charge on any atom is 0.266 e. The highest BCUT2D eigenvalue weighted by Gasteiger charge is 2.20. The summed E-state index contributed by atoms with van der Waals surface area (Å²) in [6.07, 6.45) is 0. The summed E-state index contributed by atoms with van der Waals surface area (Å²) < 4.78 is 0. The second-order valence-corrected chi connectivity index (χ2v) is 9.59. The van der Waals surface area contributed by atoms with Crippen molar-refractivity contribution in [3.8, 4) is 0 Å². The lowest BCUT2D eigenvalue weighted by Gasteiger charge is -2.20. The van der Waals surface area contributed by atoms with E-state index < -0.39 is 0 Å². The van der Waals surface area contributed by atoms with Gasteiger partial charge in [-0.2, -0.15) is 0 Å². The number of carbonyl (C=O) groups excluding carboxylic acids is 2. The smallest absolute Gasteiger partial charge is 0.266 e. The maximum atomic E-state index is 13.2. The third kappa shape index (κ3) is 5.17. The number of anilines is 2. The fraction of sp³-hybridized carbons (Fsp3) is 0.280. The molecule has 0 spiro atoms. The number of amides is 2. The molecule has 3 aromatic rings. The zero-order valence-corrected chi connectivity index (χ0v) is 19.9. The lowest BCUT2D eigenvalue weighted by Crippen LogP contribution is -2.15. The van der Waals surface area contributed by atoms with Crippen molar-refractivity contribution in [3.05, 3.63) is 80.7 Å². The van der Waals surface area contributed by atoms with E-state index in [0.717, 1.165) is 22.4 Å². The van der Waals surface area contributed by atoms with Crippen LogP contribution in [0.25, 0.3) is 0 Å². The molecule has 1 aromatic heterocycles. The fourth-order valence-corrected chi connectivity index (χ4v) is 4.64. The molecule has 0 aliphatic carbocycles. The van der Waals surface area contributed by atoms with E-state index in [1.165, 1.54) is 11.3 Å². The van der Waals surface area contributed by atoms with Gasteiger partial charge in [-0.05, 0) is 53.6 Å². The molecule has 4 nitrogen and oxygen atoms in total. The van der Waals surface area contributed by atoms with Crippen molar-refractivity contribution in [3.63, 3.8) is 0 Å². The van der Waals surface area contributed by atoms with Gasteiger partial charge in [0.15, 0.2) is 0 Å². The van der Waals surface area contributed by atoms with Crippen molar-refractivity contribution >= 4 is 45.4 Å². The van der Waals surface area contributed by atoms with Crippen LogP contribution in [0.15, 0.2) is 48.5 Å². The van der Waals surface area contributed by atoms with E-state index in [-0.39, 0.29) is 23.7 Å². The second-order valence-electron chi connectivity index (χ2n) is 8.13. The molecule has 3 rings (SSSR count). The molecule has 0 atom stereocenters. The van der Waals surface area contributed by atoms with Crippen LogP contribution in [0.5, 0.6) is 0 Å². The van der Waals surface area contributed by atoms with E-state index in [4.69, 9.17) is 11.6 Å². The second kappa shape index (κ2) is 9.67. The van der Waals surface area contributed by atoms with Crippen LogP contribution in [-0.2, 0) is 0 Å². The topological polar surface area (TPSA) is 58.2 Å². The molecule has 0 aliphatic heterocycles. The standard InChI is InChI=1S/C25H27ClN2O2S/c1-14(2)17-10-8-11-18(15(3)4)22(17)28-25(30)23-16(5)13-21(31-23)27-24(29)19-9-6-7-12-20(19)26/h6-15H,1-5H3,(H,27,29)(H,28,30). The molecule has 0 saturated carbocycles. The van der Waals surface area contributed by atoms with Gasteiger partial charge in [0, 0.05) is 5.69 Å². The highest BCUT2D eigenvalue weighted by Crippen LogP contribution is 2.34. The number of hydrogen-bond acceptors (Lipinski definition) is 3. The molecule has 1 heterocycles. The van der Waals surface area contributed by atoms with E-state index in [2.05, 4.69) is 50.5 Å². The summed E-state index contributed by atoms with van der Waals surface area (Å²) in [5.41, 5.74) is 4.31. The van der Waals surface area contributed by atoms with Gasteiger partial charge in [0.05, 0.1) is 20.5 Å². The average Bonchev–Trinajstić information content (AvgIpc) is 3.08. The Labute approximate surface area is 192 Å². The number of hydrogen-bond donors (Lipinski definition) is 2. The van der Waals surface area contributed by atoms with Crippen LogP contribution in [-0.4, -0.2) is 11.8 Å². The van der Waals surface area contributed by atoms with E-state index in [1.54, 1.807) is 24.3 Å². The van der Waals surface area contributed by atoms with E-state index in [1.807, 2.05) is 19.1 Å². The predicted molar refractivity (Wildman–Crippen MR) is 131 cm³/mol. The highest BCUT2D eigenvalue weighted by molar-refractivity contribution is 7.18. The number of benzene rings is 2. The lowest BCUT2D eigenvalue weighted by molar-refractivity contribution is 0.102. The molecule has 0 saturated heterocycles. The predicted octanol–water partition coefficient (Wildman–Crippen LogP) is 7.46. The molecule has 2 aromatic carbocycles. The minimum atomic E-state index is -0.300. The number of halogens is 1. The van der Waals surface area contributed by atoms with Crippen molar-refractivity contribution in [2.24, 2.45) is 0 Å². The Kier molecular flexibility index (Phi) is 7.19. The summed E-state index contributed by atoms with van der Waals surface area (Å²) >= 11 is 7.38. The number of carbonyl (C=O) groups is 2. The average molecular weight is 455 g/mol. The van der Waals surface area contributed by atoms with E-state index in [0.29, 0.717) is 20.5 Å². The Bertz CT molecular complexity index is 1090. The first-order valence-corrected chi connectivity index (χ1v) is 11.5. The number of nitrogens with one attached hydrogen (secondary N) is 2. The molecule has 162 valence electrons. The van der Waals surface area contributed by atoms with Crippen LogP contribution in [0.4, 0.5) is 10.7 Å². The monoisotopic (exact) mass is 454 g/mol. The first-order valence-electron chi connectivity index (χ1n) is 10.3. The minimum Gasteiger partial charge on any atom is -0.321 e. The largest absolute Gasteiger partial charge is 0.321 e. The van der Waals surface area contributed by atoms with Crippen molar-refractivity contribution in [1.82, 2.24) is 0 Å². The SMILES string of the molecule is Cc1cc(NC(=O)c2ccccc2Cl)sc1C(=O)Nc1c(C(C)C)cccc1C(C)C. The molecular formula is C25H27ClN2O2S. The first kappa shape index (κ1) is 23.0. The molecule has 0 bridgehead atoms. The first-order chi connectivity index (χ1) is 14.7. The Hall–Kier alpha value is -2.63. The zero-order chi connectivity index (χ0) is 22.7. The Morgan fingerprint density at radius 2 is 1.48 bits per heavy atom. The van der Waals surface area contributed by atoms with Gasteiger partial charge in [0.1, 0.15) is 0 Å². The summed E-state index contributed by atoms with van der Waals surface area (Å²) in [5.74, 6) is 0.0922. The third-order valence-electron chi connectivity index (χ3n) is 5.09. The normalized spacial score (nSPS) is 11.1. The van der Waals surface area contributed by atoms with Gasteiger partial charge in [0.25, 0.3) is 11.8 Å². The van der Waals surface area contributed by atoms with Crippen LogP contribution in [0.2, 0.25) is 5.02 Å². The summed E-state index contributed by atoms with van der Waals surface area (Å²) in [7, 11) is 0. The molecule has 6 heteroatoms. The summed E-state index contributed by atoms with van der Waals surface area (Å²) in [5, 5.41) is 6.99. The van der Waals surface area contributed by atoms with Gasteiger partial charge in [0.2, 0.25) is 0 Å². The molecule has 0 radical (unpaired) electrons. The van der Waals surface area contributed by atoms with Crippen LogP contribution < -0.4 is 10.6 Å². The van der Waals surface area contributed by atoms with Crippen LogP contribution in [0, 0.1) is 6.92 Å². The third-order valence-corrected chi connectivity index (χ3v) is 6.57. The van der Waals surface area contributed by atoms with Crippen LogP contribution in [0.3, 0.4) is 0 Å². The molecule has 2 amide bonds. The fourth-order valence-electron chi connectivity index (χ4n) is 3.46. The molecule has 0 aliphatic rings. The Morgan fingerprint density at radius 1 is 0.871 bits per heavy atom. The van der Waals surface area contributed by atoms with E-state index in [9.17, 15) is 9.59 Å². The molecule has 0 unspecified atom stereocenters. The van der Waals surface area contributed by atoms with Crippen molar-refractivity contribution in [1.29, 1.82) is 0 Å². The summed E-state index contributed by atoms with van der Waals surface area (Å²) in [6.45, 7) is 10.3. The van der Waals surface area contributed by atoms with Crippen molar-refractivity contribution in [2.75, 3.05) is 10.6 Å². The number of rotatable bonds is 6. The quantitative estimate of drug-likeness (QED) is 0.406. The molecule has 0 fully saturated rings. The van der Waals surface area contributed by atoms with Gasteiger partial charge >= 0.3 is 0 Å². The lowest BCUT2D eigenvalue weighted by atomic mass is 9.92. The van der Waals surface area contributed by atoms with Gasteiger partial charge in [-0.25, -0.2) is 0 Å². The Morgan fingerprint density at radius 3 is 2.06 bits per heavy atom. The van der Waals surface area contributed by atoms with Gasteiger partial charge < -0.3 is 10.6 Å². The molecule has 31 heavy (non-hydrogen) atoms. The number of para-hydroxylation sites is 1. The Balaban J connectivity index is 1.86. The van der Waals surface area contributed by atoms with Crippen molar-refractivity contribution in [2.45, 2.75) is 46.5 Å². The van der Waals surface area contributed by atoms with Gasteiger partial charge in [-0.15, -0.1) is 11.3 Å². The summed E-state index contributed by atoms with van der Waals surface area (Å²) in [6, 6.07) is 14.8. The van der Waals surface area contributed by atoms with Crippen LogP contribution in [0.1, 0.15) is 76.3 Å². The molecular weight excluding hydrogens is 428 g/mol. The number of aryl methyl sites for hydroxylation is 1. The molecule has 2 N–H and O–H groups in total. The van der Waals surface area contributed by atoms with Gasteiger partial charge in [-0.3, -0.25) is 9.59 Å². The van der Waals surface area contributed by atoms with Gasteiger partial charge in [-0.1, -0.05) is 69.6 Å². The van der Waals surface area contributed by atoms with Crippen molar-refractivity contribution < 1.29 is 9.59 Å². The van der Waals surface area contributed by atoms with Crippen LogP contribution >= 0.6 is 22.9 Å².